The zero-order valence-electron chi connectivity index (χ0n) is 15.0. The first-order valence-corrected chi connectivity index (χ1v) is 8.34. The van der Waals surface area contributed by atoms with Crippen molar-refractivity contribution in [3.05, 3.63) is 53.1 Å². The summed E-state index contributed by atoms with van der Waals surface area (Å²) in [6.45, 7) is 6.07. The van der Waals surface area contributed by atoms with Crippen LogP contribution in [0, 0.1) is 19.7 Å². The van der Waals surface area contributed by atoms with Crippen molar-refractivity contribution >= 4 is 5.91 Å². The van der Waals surface area contributed by atoms with E-state index in [1.165, 1.54) is 12.1 Å². The van der Waals surface area contributed by atoms with Gasteiger partial charge in [-0.25, -0.2) is 4.39 Å². The molecule has 0 radical (unpaired) electrons. The fourth-order valence-electron chi connectivity index (χ4n) is 2.70. The van der Waals surface area contributed by atoms with E-state index in [0.29, 0.717) is 31.9 Å². The van der Waals surface area contributed by atoms with E-state index in [1.54, 1.807) is 19.2 Å². The van der Waals surface area contributed by atoms with Gasteiger partial charge in [-0.05, 0) is 50.6 Å². The molecule has 0 atom stereocenters. The maximum Gasteiger partial charge on any atom is 0.253 e. The average molecular weight is 348 g/mol. The normalized spacial score (nSPS) is 10.9. The second kappa shape index (κ2) is 9.34. The molecular formula is C19H25FN2O3. The van der Waals surface area contributed by atoms with Gasteiger partial charge >= 0.3 is 0 Å². The van der Waals surface area contributed by atoms with Crippen molar-refractivity contribution in [2.24, 2.45) is 0 Å². The Morgan fingerprint density at radius 2 is 1.88 bits per heavy atom. The summed E-state index contributed by atoms with van der Waals surface area (Å²) >= 11 is 0. The lowest BCUT2D eigenvalue weighted by Gasteiger charge is -2.10. The number of ether oxygens (including phenoxy) is 2. The van der Waals surface area contributed by atoms with Gasteiger partial charge < -0.3 is 19.4 Å². The number of carbonyl (C=O) groups excluding carboxylic acids is 1. The van der Waals surface area contributed by atoms with Crippen LogP contribution in [0.1, 0.15) is 28.2 Å². The Balaban J connectivity index is 1.95. The number of aromatic nitrogens is 1. The highest BCUT2D eigenvalue weighted by atomic mass is 19.1. The summed E-state index contributed by atoms with van der Waals surface area (Å²) in [6.07, 6.45) is 0.742. The van der Waals surface area contributed by atoms with Gasteiger partial charge in [0.2, 0.25) is 0 Å². The molecule has 1 aromatic carbocycles. The van der Waals surface area contributed by atoms with Crippen LogP contribution >= 0.6 is 0 Å². The highest BCUT2D eigenvalue weighted by Crippen LogP contribution is 2.21. The highest BCUT2D eigenvalue weighted by Gasteiger charge is 2.16. The number of amides is 1. The standard InChI is InChI=1S/C19H25FN2O3/c1-14-13-18(19(23)21-9-4-10-25-12-11-24-3)15(2)22(14)17-7-5-16(20)6-8-17/h5-8,13H,4,9-12H2,1-3H3,(H,21,23). The molecule has 1 amide bonds. The second-order valence-electron chi connectivity index (χ2n) is 5.81. The minimum absolute atomic E-state index is 0.113. The van der Waals surface area contributed by atoms with Crippen molar-refractivity contribution < 1.29 is 18.7 Å². The molecule has 6 heteroatoms. The van der Waals surface area contributed by atoms with Crippen molar-refractivity contribution in [3.63, 3.8) is 0 Å². The zero-order valence-corrected chi connectivity index (χ0v) is 15.0. The number of carbonyl (C=O) groups is 1. The molecule has 2 aromatic rings. The van der Waals surface area contributed by atoms with Gasteiger partial charge in [0.05, 0.1) is 18.8 Å². The Bertz CT molecular complexity index is 695. The van der Waals surface area contributed by atoms with Crippen LogP contribution in [-0.2, 0) is 9.47 Å². The molecule has 0 fully saturated rings. The van der Waals surface area contributed by atoms with Gasteiger partial charge in [-0.2, -0.15) is 0 Å². The van der Waals surface area contributed by atoms with E-state index >= 15 is 0 Å². The molecule has 5 nitrogen and oxygen atoms in total. The fourth-order valence-corrected chi connectivity index (χ4v) is 2.70. The van der Waals surface area contributed by atoms with E-state index < -0.39 is 0 Å². The summed E-state index contributed by atoms with van der Waals surface area (Å²) in [7, 11) is 1.63. The van der Waals surface area contributed by atoms with Gasteiger partial charge in [0.15, 0.2) is 0 Å². The van der Waals surface area contributed by atoms with E-state index in [-0.39, 0.29) is 11.7 Å². The quantitative estimate of drug-likeness (QED) is 0.709. The maximum atomic E-state index is 13.1. The van der Waals surface area contributed by atoms with Crippen LogP contribution in [-0.4, -0.2) is 43.9 Å². The molecule has 2 rings (SSSR count). The lowest BCUT2D eigenvalue weighted by molar-refractivity contribution is 0.0688. The molecule has 0 spiro atoms. The second-order valence-corrected chi connectivity index (χ2v) is 5.81. The number of benzene rings is 1. The first kappa shape index (κ1) is 19.1. The third-order valence-corrected chi connectivity index (χ3v) is 3.94. The Morgan fingerprint density at radius 3 is 2.56 bits per heavy atom. The van der Waals surface area contributed by atoms with E-state index in [9.17, 15) is 9.18 Å². The molecule has 0 saturated carbocycles. The largest absolute Gasteiger partial charge is 0.382 e. The average Bonchev–Trinajstić information content (AvgIpc) is 2.89. The van der Waals surface area contributed by atoms with Crippen molar-refractivity contribution in [2.45, 2.75) is 20.3 Å². The topological polar surface area (TPSA) is 52.5 Å². The third-order valence-electron chi connectivity index (χ3n) is 3.94. The predicted molar refractivity (Wildman–Crippen MR) is 94.8 cm³/mol. The number of rotatable bonds is 9. The summed E-state index contributed by atoms with van der Waals surface area (Å²) in [5.41, 5.74) is 3.22. The SMILES string of the molecule is COCCOCCCNC(=O)c1cc(C)n(-c2ccc(F)cc2)c1C. The molecule has 0 unspecified atom stereocenters. The fraction of sp³-hybridized carbons (Fsp3) is 0.421. The van der Waals surface area contributed by atoms with Crippen molar-refractivity contribution in [3.8, 4) is 5.69 Å². The van der Waals surface area contributed by atoms with E-state index in [0.717, 1.165) is 23.5 Å². The molecule has 1 N–H and O–H groups in total. The number of methoxy groups -OCH3 is 1. The Kier molecular flexibility index (Phi) is 7.16. The van der Waals surface area contributed by atoms with E-state index in [4.69, 9.17) is 9.47 Å². The molecule has 0 bridgehead atoms. The lowest BCUT2D eigenvalue weighted by atomic mass is 10.2. The first-order valence-electron chi connectivity index (χ1n) is 8.34. The van der Waals surface area contributed by atoms with Gasteiger partial charge in [0.1, 0.15) is 5.82 Å². The molecule has 0 saturated heterocycles. The Hall–Kier alpha value is -2.18. The zero-order chi connectivity index (χ0) is 18.2. The number of nitrogens with zero attached hydrogens (tertiary/aromatic N) is 1. The van der Waals surface area contributed by atoms with Crippen LogP contribution in [0.4, 0.5) is 4.39 Å². The molecule has 1 heterocycles. The minimum Gasteiger partial charge on any atom is -0.382 e. The van der Waals surface area contributed by atoms with Crippen LogP contribution in [0.5, 0.6) is 0 Å². The Labute approximate surface area is 147 Å². The van der Waals surface area contributed by atoms with Gasteiger partial charge in [-0.1, -0.05) is 0 Å². The van der Waals surface area contributed by atoms with Crippen molar-refractivity contribution in [1.82, 2.24) is 9.88 Å². The number of halogens is 1. The maximum absolute atomic E-state index is 13.1. The van der Waals surface area contributed by atoms with Crippen molar-refractivity contribution in [1.29, 1.82) is 0 Å². The Morgan fingerprint density at radius 1 is 1.16 bits per heavy atom. The van der Waals surface area contributed by atoms with Crippen LogP contribution in [0.3, 0.4) is 0 Å². The first-order chi connectivity index (χ1) is 12.0. The molecular weight excluding hydrogens is 323 g/mol. The monoisotopic (exact) mass is 348 g/mol. The summed E-state index contributed by atoms with van der Waals surface area (Å²) < 4.78 is 25.3. The van der Waals surface area contributed by atoms with E-state index in [1.807, 2.05) is 24.5 Å². The third kappa shape index (κ3) is 5.14. The molecule has 136 valence electrons. The summed E-state index contributed by atoms with van der Waals surface area (Å²) in [4.78, 5) is 12.4. The van der Waals surface area contributed by atoms with Gasteiger partial charge in [0.25, 0.3) is 5.91 Å². The predicted octanol–water partition coefficient (Wildman–Crippen LogP) is 3.02. The van der Waals surface area contributed by atoms with Crippen LogP contribution in [0.25, 0.3) is 5.69 Å². The van der Waals surface area contributed by atoms with E-state index in [2.05, 4.69) is 5.32 Å². The minimum atomic E-state index is -0.281. The molecule has 1 aromatic heterocycles. The number of hydrogen-bond donors (Lipinski definition) is 1. The summed E-state index contributed by atoms with van der Waals surface area (Å²) in [5.74, 6) is -0.393. The number of nitrogens with one attached hydrogen (secondary N) is 1. The molecule has 25 heavy (non-hydrogen) atoms. The van der Waals surface area contributed by atoms with Crippen LogP contribution in [0.2, 0.25) is 0 Å². The highest BCUT2D eigenvalue weighted by molar-refractivity contribution is 5.95. The summed E-state index contributed by atoms with van der Waals surface area (Å²) in [5, 5.41) is 2.91. The van der Waals surface area contributed by atoms with Gasteiger partial charge in [-0.15, -0.1) is 0 Å². The smallest absolute Gasteiger partial charge is 0.253 e. The van der Waals surface area contributed by atoms with Crippen LogP contribution in [0.15, 0.2) is 30.3 Å². The van der Waals surface area contributed by atoms with Crippen molar-refractivity contribution in [2.75, 3.05) is 33.5 Å². The summed E-state index contributed by atoms with van der Waals surface area (Å²) in [6, 6.07) is 8.08. The van der Waals surface area contributed by atoms with Gasteiger partial charge in [-0.3, -0.25) is 4.79 Å². The van der Waals surface area contributed by atoms with Gasteiger partial charge in [0, 0.05) is 37.3 Å². The molecule has 0 aliphatic heterocycles. The number of hydrogen-bond acceptors (Lipinski definition) is 3. The lowest BCUT2D eigenvalue weighted by Crippen LogP contribution is -2.25. The van der Waals surface area contributed by atoms with Crippen LogP contribution < -0.4 is 5.32 Å². The number of aryl methyl sites for hydroxylation is 1. The molecule has 0 aliphatic rings. The molecule has 0 aliphatic carbocycles.